The molecule has 0 bridgehead atoms. The first-order chi connectivity index (χ1) is 12.0. The van der Waals surface area contributed by atoms with E-state index in [1.165, 1.54) is 0 Å². The molecular formula is C14H8F6N2O4. The van der Waals surface area contributed by atoms with E-state index in [4.69, 9.17) is 4.74 Å². The van der Waals surface area contributed by atoms with E-state index in [0.29, 0.717) is 6.07 Å². The Hall–Kier alpha value is -3.18. The molecule has 1 aromatic carbocycles. The summed E-state index contributed by atoms with van der Waals surface area (Å²) in [6, 6.07) is -0.396. The molecular weight excluding hydrogens is 374 g/mol. The van der Waals surface area contributed by atoms with Crippen LogP contribution < -0.4 is 10.6 Å². The van der Waals surface area contributed by atoms with Gasteiger partial charge < -0.3 is 14.8 Å². The maximum atomic E-state index is 12.8. The molecule has 1 heterocycles. The van der Waals surface area contributed by atoms with Gasteiger partial charge in [-0.2, -0.15) is 26.3 Å². The lowest BCUT2D eigenvalue weighted by Gasteiger charge is -2.17. The number of urea groups is 1. The van der Waals surface area contributed by atoms with Gasteiger partial charge in [-0.25, -0.2) is 4.79 Å². The number of ether oxygens (including phenoxy) is 2. The molecule has 0 aromatic heterocycles. The van der Waals surface area contributed by atoms with Crippen LogP contribution in [0.2, 0.25) is 0 Å². The molecule has 26 heavy (non-hydrogen) atoms. The zero-order chi connectivity index (χ0) is 19.5. The highest BCUT2D eigenvalue weighted by Crippen LogP contribution is 2.41. The smallest absolute Gasteiger partial charge is 0.417 e. The maximum Gasteiger partial charge on any atom is 0.417 e. The molecule has 6 nitrogen and oxygen atoms in total. The molecule has 1 aliphatic rings. The predicted octanol–water partition coefficient (Wildman–Crippen LogP) is 3.73. The normalized spacial score (nSPS) is 14.0. The average Bonchev–Trinajstić information content (AvgIpc) is 2.53. The van der Waals surface area contributed by atoms with Crippen molar-refractivity contribution in [2.45, 2.75) is 12.4 Å². The Balaban J connectivity index is 2.15. The van der Waals surface area contributed by atoms with Crippen molar-refractivity contribution in [2.24, 2.45) is 0 Å². The maximum absolute atomic E-state index is 12.8. The van der Waals surface area contributed by atoms with Gasteiger partial charge in [0.1, 0.15) is 18.8 Å². The predicted molar refractivity (Wildman–Crippen MR) is 73.0 cm³/mol. The Morgan fingerprint density at radius 2 is 1.58 bits per heavy atom. The third-order valence-electron chi connectivity index (χ3n) is 2.84. The molecule has 1 aromatic rings. The number of benzene rings is 1. The van der Waals surface area contributed by atoms with E-state index < -0.39 is 46.9 Å². The van der Waals surface area contributed by atoms with Crippen LogP contribution in [-0.2, 0) is 26.6 Å². The van der Waals surface area contributed by atoms with E-state index in [2.05, 4.69) is 4.74 Å². The summed E-state index contributed by atoms with van der Waals surface area (Å²) < 4.78 is 85.8. The summed E-state index contributed by atoms with van der Waals surface area (Å²) in [6.07, 6.45) is -7.63. The number of alkyl halides is 6. The zero-order valence-electron chi connectivity index (χ0n) is 12.4. The lowest BCUT2D eigenvalue weighted by molar-refractivity contribution is -0.162. The second-order valence-corrected chi connectivity index (χ2v) is 4.67. The molecule has 0 radical (unpaired) electrons. The number of imide groups is 1. The lowest BCUT2D eigenvalue weighted by Crippen LogP contribution is -2.36. The molecule has 0 saturated carbocycles. The van der Waals surface area contributed by atoms with Crippen molar-refractivity contribution >= 4 is 17.6 Å². The summed E-state index contributed by atoms with van der Waals surface area (Å²) in [5.41, 5.74) is -4.49. The number of halogens is 6. The van der Waals surface area contributed by atoms with Crippen LogP contribution in [0.15, 0.2) is 42.7 Å². The third-order valence-corrected chi connectivity index (χ3v) is 2.84. The molecule has 12 heteroatoms. The molecule has 2 rings (SSSR count). The minimum atomic E-state index is -5.31. The van der Waals surface area contributed by atoms with Crippen molar-refractivity contribution in [3.05, 3.63) is 53.9 Å². The highest BCUT2D eigenvalue weighted by molar-refractivity contribution is 6.06. The van der Waals surface area contributed by atoms with Crippen LogP contribution in [0.4, 0.5) is 36.8 Å². The van der Waals surface area contributed by atoms with Gasteiger partial charge in [-0.1, -0.05) is 0 Å². The Morgan fingerprint density at radius 1 is 0.923 bits per heavy atom. The van der Waals surface area contributed by atoms with Gasteiger partial charge in [-0.15, -0.1) is 0 Å². The molecule has 0 unspecified atom stereocenters. The quantitative estimate of drug-likeness (QED) is 0.765. The SMILES string of the molecule is O=C(NC(=O)C1=COC=CO1)Nc1ccc(C(F)(F)F)c(C(F)(F)F)c1. The molecule has 140 valence electrons. The van der Waals surface area contributed by atoms with Gasteiger partial charge in [0.25, 0.3) is 5.91 Å². The van der Waals surface area contributed by atoms with Crippen LogP contribution in [0.3, 0.4) is 0 Å². The van der Waals surface area contributed by atoms with Gasteiger partial charge >= 0.3 is 18.4 Å². The summed E-state index contributed by atoms with van der Waals surface area (Å²) in [4.78, 5) is 23.2. The van der Waals surface area contributed by atoms with Crippen LogP contribution in [0.5, 0.6) is 0 Å². The molecule has 3 amide bonds. The minimum Gasteiger partial charge on any atom is -0.465 e. The van der Waals surface area contributed by atoms with Gasteiger partial charge in [0.2, 0.25) is 5.76 Å². The molecule has 1 aliphatic heterocycles. The number of anilines is 1. The first-order valence-corrected chi connectivity index (χ1v) is 6.56. The molecule has 0 atom stereocenters. The Kier molecular flexibility index (Phi) is 5.14. The van der Waals surface area contributed by atoms with E-state index in [1.54, 1.807) is 5.32 Å². The van der Waals surface area contributed by atoms with Crippen molar-refractivity contribution < 1.29 is 45.4 Å². The number of hydrogen-bond donors (Lipinski definition) is 2. The number of hydrogen-bond acceptors (Lipinski definition) is 4. The zero-order valence-corrected chi connectivity index (χ0v) is 12.4. The van der Waals surface area contributed by atoms with Crippen LogP contribution in [0.25, 0.3) is 0 Å². The molecule has 0 spiro atoms. The number of nitrogens with one attached hydrogen (secondary N) is 2. The highest BCUT2D eigenvalue weighted by atomic mass is 19.4. The van der Waals surface area contributed by atoms with Gasteiger partial charge in [0.05, 0.1) is 11.1 Å². The van der Waals surface area contributed by atoms with Crippen LogP contribution >= 0.6 is 0 Å². The number of carbonyl (C=O) groups is 2. The molecule has 0 saturated heterocycles. The summed E-state index contributed by atoms with van der Waals surface area (Å²) in [5, 5.41) is 3.52. The van der Waals surface area contributed by atoms with Crippen molar-refractivity contribution in [1.82, 2.24) is 5.32 Å². The summed E-state index contributed by atoms with van der Waals surface area (Å²) in [6.45, 7) is 0. The fourth-order valence-corrected chi connectivity index (χ4v) is 1.80. The fraction of sp³-hybridized carbons (Fsp3) is 0.143. The third kappa shape index (κ3) is 4.68. The van der Waals surface area contributed by atoms with Crippen LogP contribution in [0.1, 0.15) is 11.1 Å². The van der Waals surface area contributed by atoms with Gasteiger partial charge in [0.15, 0.2) is 0 Å². The van der Waals surface area contributed by atoms with Crippen LogP contribution in [-0.4, -0.2) is 11.9 Å². The standard InChI is InChI=1S/C14H8F6N2O4/c15-13(16,17)8-2-1-7(5-9(8)14(18,19)20)21-12(24)22-11(23)10-6-25-3-4-26-10/h1-6H,(H2,21,22,23,24). The van der Waals surface area contributed by atoms with Crippen molar-refractivity contribution in [3.63, 3.8) is 0 Å². The summed E-state index contributed by atoms with van der Waals surface area (Å²) in [5.74, 6) is -1.51. The number of rotatable bonds is 2. The van der Waals surface area contributed by atoms with Crippen LogP contribution in [0, 0.1) is 0 Å². The highest BCUT2D eigenvalue weighted by Gasteiger charge is 2.43. The van der Waals surface area contributed by atoms with E-state index in [0.717, 1.165) is 18.8 Å². The fourth-order valence-electron chi connectivity index (χ4n) is 1.80. The van der Waals surface area contributed by atoms with Crippen molar-refractivity contribution in [2.75, 3.05) is 5.32 Å². The second kappa shape index (κ2) is 6.98. The summed E-state index contributed by atoms with van der Waals surface area (Å²) >= 11 is 0. The van der Waals surface area contributed by atoms with E-state index in [9.17, 15) is 35.9 Å². The monoisotopic (exact) mass is 382 g/mol. The van der Waals surface area contributed by atoms with Crippen molar-refractivity contribution in [3.8, 4) is 0 Å². The summed E-state index contributed by atoms with van der Waals surface area (Å²) in [7, 11) is 0. The van der Waals surface area contributed by atoms with E-state index >= 15 is 0 Å². The topological polar surface area (TPSA) is 76.7 Å². The van der Waals surface area contributed by atoms with Crippen molar-refractivity contribution in [1.29, 1.82) is 0 Å². The molecule has 0 fully saturated rings. The van der Waals surface area contributed by atoms with E-state index in [-0.39, 0.29) is 12.1 Å². The number of amides is 3. The van der Waals surface area contributed by atoms with Gasteiger partial charge in [-0.05, 0) is 18.2 Å². The lowest BCUT2D eigenvalue weighted by atomic mass is 10.1. The average molecular weight is 382 g/mol. The second-order valence-electron chi connectivity index (χ2n) is 4.67. The van der Waals surface area contributed by atoms with E-state index in [1.807, 2.05) is 5.32 Å². The Labute approximate surface area is 141 Å². The Morgan fingerprint density at radius 3 is 2.12 bits per heavy atom. The first-order valence-electron chi connectivity index (χ1n) is 6.56. The Bertz CT molecular complexity index is 783. The molecule has 2 N–H and O–H groups in total. The van der Waals surface area contributed by atoms with Gasteiger partial charge in [-0.3, -0.25) is 10.1 Å². The number of carbonyl (C=O) groups excluding carboxylic acids is 2. The molecule has 0 aliphatic carbocycles. The first kappa shape index (κ1) is 19.1. The largest absolute Gasteiger partial charge is 0.465 e. The minimum absolute atomic E-state index is 0.106. The van der Waals surface area contributed by atoms with Gasteiger partial charge in [0, 0.05) is 5.69 Å².